The Bertz CT molecular complexity index is 428. The third kappa shape index (κ3) is 1.08. The zero-order valence-corrected chi connectivity index (χ0v) is 6.92. The number of nitrogens with two attached hydrogens (primary N) is 1. The maximum atomic E-state index is 5.78. The van der Waals surface area contributed by atoms with Crippen molar-refractivity contribution in [2.75, 3.05) is 5.73 Å². The predicted molar refractivity (Wildman–Crippen MR) is 49.0 cm³/mol. The third-order valence-electron chi connectivity index (χ3n) is 1.63. The summed E-state index contributed by atoms with van der Waals surface area (Å²) in [5, 5.41) is 1.44. The van der Waals surface area contributed by atoms with Gasteiger partial charge in [-0.2, -0.15) is 0 Å². The highest BCUT2D eigenvalue weighted by atomic mass is 35.5. The van der Waals surface area contributed by atoms with Crippen LogP contribution in [0.1, 0.15) is 0 Å². The summed E-state index contributed by atoms with van der Waals surface area (Å²) in [5.74, 6) is 0.461. The highest BCUT2D eigenvalue weighted by molar-refractivity contribution is 6.31. The minimum absolute atomic E-state index is 0.461. The van der Waals surface area contributed by atoms with Gasteiger partial charge in [0, 0.05) is 10.4 Å². The van der Waals surface area contributed by atoms with E-state index in [1.54, 1.807) is 12.1 Å². The van der Waals surface area contributed by atoms with Crippen molar-refractivity contribution in [3.8, 4) is 0 Å². The SMILES string of the molecule is Nc1ncnc2ccc(Cl)cc12. The first-order valence-corrected chi connectivity index (χ1v) is 3.81. The van der Waals surface area contributed by atoms with Gasteiger partial charge in [-0.25, -0.2) is 9.97 Å². The summed E-state index contributed by atoms with van der Waals surface area (Å²) in [6, 6.07) is 5.35. The Balaban J connectivity index is 2.88. The number of anilines is 1. The molecule has 60 valence electrons. The fourth-order valence-corrected chi connectivity index (χ4v) is 1.22. The largest absolute Gasteiger partial charge is 0.383 e. The van der Waals surface area contributed by atoms with E-state index in [4.69, 9.17) is 17.3 Å². The molecule has 2 aromatic rings. The first-order valence-electron chi connectivity index (χ1n) is 3.43. The van der Waals surface area contributed by atoms with E-state index in [0.717, 1.165) is 10.9 Å². The molecule has 12 heavy (non-hydrogen) atoms. The van der Waals surface area contributed by atoms with Gasteiger partial charge in [-0.05, 0) is 18.2 Å². The van der Waals surface area contributed by atoms with Crippen LogP contribution in [0.25, 0.3) is 10.9 Å². The van der Waals surface area contributed by atoms with Gasteiger partial charge in [0.2, 0.25) is 0 Å². The summed E-state index contributed by atoms with van der Waals surface area (Å²) in [5.41, 5.74) is 6.43. The summed E-state index contributed by atoms with van der Waals surface area (Å²) < 4.78 is 0. The zero-order chi connectivity index (χ0) is 8.55. The van der Waals surface area contributed by atoms with Crippen LogP contribution in [-0.2, 0) is 0 Å². The van der Waals surface area contributed by atoms with Crippen molar-refractivity contribution in [1.82, 2.24) is 9.97 Å². The second kappa shape index (κ2) is 2.60. The van der Waals surface area contributed by atoms with Gasteiger partial charge in [0.15, 0.2) is 0 Å². The first kappa shape index (κ1) is 7.31. The van der Waals surface area contributed by atoms with E-state index in [0.29, 0.717) is 10.8 Å². The van der Waals surface area contributed by atoms with Crippen LogP contribution in [0.2, 0.25) is 5.02 Å². The molecule has 0 bridgehead atoms. The van der Waals surface area contributed by atoms with Crippen molar-refractivity contribution in [2.24, 2.45) is 0 Å². The standard InChI is InChI=1S/C8H6ClN3/c9-5-1-2-7-6(3-5)8(10)12-4-11-7/h1-4H,(H2,10,11,12). The van der Waals surface area contributed by atoms with Gasteiger partial charge in [0.1, 0.15) is 12.1 Å². The smallest absolute Gasteiger partial charge is 0.134 e. The van der Waals surface area contributed by atoms with Gasteiger partial charge >= 0.3 is 0 Å². The number of hydrogen-bond acceptors (Lipinski definition) is 3. The highest BCUT2D eigenvalue weighted by Gasteiger charge is 1.99. The van der Waals surface area contributed by atoms with Gasteiger partial charge in [-0.1, -0.05) is 11.6 Å². The molecule has 0 spiro atoms. The molecule has 0 aliphatic rings. The summed E-state index contributed by atoms with van der Waals surface area (Å²) in [7, 11) is 0. The lowest BCUT2D eigenvalue weighted by Gasteiger charge is -1.98. The van der Waals surface area contributed by atoms with Crippen LogP contribution in [0.5, 0.6) is 0 Å². The Labute approximate surface area is 74.2 Å². The number of benzene rings is 1. The van der Waals surface area contributed by atoms with E-state index in [-0.39, 0.29) is 0 Å². The van der Waals surface area contributed by atoms with Crippen LogP contribution >= 0.6 is 11.6 Å². The highest BCUT2D eigenvalue weighted by Crippen LogP contribution is 2.20. The molecule has 0 fully saturated rings. The van der Waals surface area contributed by atoms with E-state index < -0.39 is 0 Å². The minimum atomic E-state index is 0.461. The van der Waals surface area contributed by atoms with Gasteiger partial charge < -0.3 is 5.73 Å². The lowest BCUT2D eigenvalue weighted by Crippen LogP contribution is -1.92. The molecule has 4 heteroatoms. The number of nitrogen functional groups attached to an aromatic ring is 1. The first-order chi connectivity index (χ1) is 5.77. The van der Waals surface area contributed by atoms with E-state index in [1.807, 2.05) is 6.07 Å². The van der Waals surface area contributed by atoms with Crippen LogP contribution < -0.4 is 5.73 Å². The zero-order valence-electron chi connectivity index (χ0n) is 6.16. The molecular weight excluding hydrogens is 174 g/mol. The van der Waals surface area contributed by atoms with Crippen LogP contribution in [0.4, 0.5) is 5.82 Å². The molecule has 0 aliphatic heterocycles. The fraction of sp³-hybridized carbons (Fsp3) is 0. The molecule has 0 unspecified atom stereocenters. The summed E-state index contributed by atoms with van der Waals surface area (Å²) in [6.45, 7) is 0. The van der Waals surface area contributed by atoms with E-state index in [1.165, 1.54) is 6.33 Å². The van der Waals surface area contributed by atoms with Gasteiger partial charge in [-0.3, -0.25) is 0 Å². The Morgan fingerprint density at radius 3 is 2.92 bits per heavy atom. The molecule has 3 nitrogen and oxygen atoms in total. The number of aromatic nitrogens is 2. The van der Waals surface area contributed by atoms with Crippen molar-refractivity contribution >= 4 is 28.3 Å². The molecule has 2 rings (SSSR count). The minimum Gasteiger partial charge on any atom is -0.383 e. The topological polar surface area (TPSA) is 51.8 Å². The fourth-order valence-electron chi connectivity index (χ4n) is 1.05. The van der Waals surface area contributed by atoms with Gasteiger partial charge in [0.25, 0.3) is 0 Å². The Morgan fingerprint density at radius 2 is 2.08 bits per heavy atom. The van der Waals surface area contributed by atoms with E-state index in [9.17, 15) is 0 Å². The Hall–Kier alpha value is -1.35. The van der Waals surface area contributed by atoms with Crippen LogP contribution in [0.15, 0.2) is 24.5 Å². The molecule has 0 radical (unpaired) electrons. The van der Waals surface area contributed by atoms with E-state index >= 15 is 0 Å². The molecule has 2 N–H and O–H groups in total. The van der Waals surface area contributed by atoms with Crippen molar-refractivity contribution in [3.05, 3.63) is 29.5 Å². The molecule has 0 saturated heterocycles. The van der Waals surface area contributed by atoms with Crippen molar-refractivity contribution < 1.29 is 0 Å². The second-order valence-electron chi connectivity index (χ2n) is 2.42. The Morgan fingerprint density at radius 1 is 1.25 bits per heavy atom. The van der Waals surface area contributed by atoms with E-state index in [2.05, 4.69) is 9.97 Å². The molecule has 1 aromatic carbocycles. The quantitative estimate of drug-likeness (QED) is 0.672. The van der Waals surface area contributed by atoms with Crippen LogP contribution in [-0.4, -0.2) is 9.97 Å². The molecule has 1 heterocycles. The second-order valence-corrected chi connectivity index (χ2v) is 2.86. The third-order valence-corrected chi connectivity index (χ3v) is 1.86. The van der Waals surface area contributed by atoms with Gasteiger partial charge in [0.05, 0.1) is 5.52 Å². The summed E-state index contributed by atoms with van der Waals surface area (Å²) in [6.07, 6.45) is 1.44. The molecule has 1 aromatic heterocycles. The van der Waals surface area contributed by atoms with Crippen LogP contribution in [0, 0.1) is 0 Å². The lowest BCUT2D eigenvalue weighted by molar-refractivity contribution is 1.23. The molecule has 0 atom stereocenters. The Kier molecular flexibility index (Phi) is 1.59. The van der Waals surface area contributed by atoms with Crippen molar-refractivity contribution in [1.29, 1.82) is 0 Å². The van der Waals surface area contributed by atoms with Crippen molar-refractivity contribution in [3.63, 3.8) is 0 Å². The normalized spacial score (nSPS) is 10.4. The monoisotopic (exact) mass is 179 g/mol. The van der Waals surface area contributed by atoms with Crippen molar-refractivity contribution in [2.45, 2.75) is 0 Å². The van der Waals surface area contributed by atoms with Crippen LogP contribution in [0.3, 0.4) is 0 Å². The summed E-state index contributed by atoms with van der Waals surface area (Å²) in [4.78, 5) is 7.89. The maximum Gasteiger partial charge on any atom is 0.134 e. The summed E-state index contributed by atoms with van der Waals surface area (Å²) >= 11 is 5.78. The molecule has 0 aliphatic carbocycles. The molecule has 0 saturated carbocycles. The number of hydrogen-bond donors (Lipinski definition) is 1. The predicted octanol–water partition coefficient (Wildman–Crippen LogP) is 1.87. The average molecular weight is 180 g/mol. The number of fused-ring (bicyclic) bond motifs is 1. The number of rotatable bonds is 0. The number of halogens is 1. The lowest BCUT2D eigenvalue weighted by atomic mass is 10.2. The van der Waals surface area contributed by atoms with Gasteiger partial charge in [-0.15, -0.1) is 0 Å². The number of nitrogens with zero attached hydrogens (tertiary/aromatic N) is 2. The molecular formula is C8H6ClN3. The average Bonchev–Trinajstić information content (AvgIpc) is 2.07. The maximum absolute atomic E-state index is 5.78. The molecule has 0 amide bonds.